The monoisotopic (exact) mass is 538 g/mol. The first kappa shape index (κ1) is 25.8. The summed E-state index contributed by atoms with van der Waals surface area (Å²) in [6, 6.07) is 12.3. The number of pyridine rings is 1. The van der Waals surface area contributed by atoms with Gasteiger partial charge in [-0.1, -0.05) is 38.1 Å². The van der Waals surface area contributed by atoms with Gasteiger partial charge in [-0.15, -0.1) is 0 Å². The average Bonchev–Trinajstić information content (AvgIpc) is 3.24. The van der Waals surface area contributed by atoms with E-state index in [1.54, 1.807) is 17.3 Å². The van der Waals surface area contributed by atoms with Crippen molar-refractivity contribution in [2.24, 2.45) is 29.1 Å². The molecule has 2 heterocycles. The zero-order valence-electron chi connectivity index (χ0n) is 24.1. The molecule has 6 nitrogen and oxygen atoms in total. The molecule has 0 spiro atoms. The lowest BCUT2D eigenvalue weighted by Crippen LogP contribution is -2.61. The van der Waals surface area contributed by atoms with E-state index in [2.05, 4.69) is 60.3 Å². The number of aryl methyl sites for hydroxylation is 1. The quantitative estimate of drug-likeness (QED) is 0.363. The number of aromatic amines is 1. The Balaban J connectivity index is 1.09. The minimum atomic E-state index is -0.0503. The lowest BCUT2D eigenvalue weighted by molar-refractivity contribution is -0.139. The highest BCUT2D eigenvalue weighted by Crippen LogP contribution is 2.67. The van der Waals surface area contributed by atoms with Crippen LogP contribution in [0.3, 0.4) is 0 Å². The summed E-state index contributed by atoms with van der Waals surface area (Å²) in [6.07, 6.45) is 11.4. The molecule has 0 unspecified atom stereocenters. The molecular formula is C34H42N4O2. The topological polar surface area (TPSA) is 78.1 Å². The first-order valence-corrected chi connectivity index (χ1v) is 15.3. The smallest absolute Gasteiger partial charge is 0.240 e. The van der Waals surface area contributed by atoms with Crippen LogP contribution in [0.4, 0.5) is 0 Å². The van der Waals surface area contributed by atoms with E-state index in [4.69, 9.17) is 0 Å². The first-order chi connectivity index (χ1) is 19.2. The van der Waals surface area contributed by atoms with Crippen LogP contribution in [0.2, 0.25) is 0 Å². The third-order valence-corrected chi connectivity index (χ3v) is 10.9. The number of rotatable bonds is 8. The van der Waals surface area contributed by atoms with Crippen molar-refractivity contribution < 1.29 is 9.59 Å². The Kier molecular flexibility index (Phi) is 6.10. The fraction of sp³-hybridized carbons (Fsp3) is 0.559. The van der Waals surface area contributed by atoms with Crippen molar-refractivity contribution in [1.29, 1.82) is 0 Å². The van der Waals surface area contributed by atoms with Crippen molar-refractivity contribution >= 4 is 22.7 Å². The summed E-state index contributed by atoms with van der Waals surface area (Å²) in [4.78, 5) is 37.1. The molecule has 2 amide bonds. The number of H-pyrrole nitrogens is 1. The highest BCUT2D eigenvalue weighted by Gasteiger charge is 2.60. The van der Waals surface area contributed by atoms with Gasteiger partial charge < -0.3 is 15.2 Å². The molecule has 210 valence electrons. The van der Waals surface area contributed by atoms with Gasteiger partial charge in [0.2, 0.25) is 11.8 Å². The van der Waals surface area contributed by atoms with Crippen molar-refractivity contribution in [3.63, 3.8) is 0 Å². The highest BCUT2D eigenvalue weighted by molar-refractivity contribution is 5.88. The number of para-hydroxylation sites is 1. The third kappa shape index (κ3) is 4.53. The van der Waals surface area contributed by atoms with Crippen molar-refractivity contribution in [2.75, 3.05) is 6.54 Å². The van der Waals surface area contributed by atoms with Gasteiger partial charge in [0.05, 0.1) is 6.54 Å². The van der Waals surface area contributed by atoms with Crippen LogP contribution in [0.15, 0.2) is 48.8 Å². The Morgan fingerprint density at radius 1 is 1.02 bits per heavy atom. The van der Waals surface area contributed by atoms with E-state index in [-0.39, 0.29) is 35.2 Å². The van der Waals surface area contributed by atoms with Crippen molar-refractivity contribution in [3.05, 3.63) is 65.6 Å². The normalized spacial score (nSPS) is 31.3. The van der Waals surface area contributed by atoms with Gasteiger partial charge in [0.25, 0.3) is 0 Å². The number of aromatic nitrogens is 2. The summed E-state index contributed by atoms with van der Waals surface area (Å²) in [5, 5.41) is 4.75. The molecule has 2 aromatic heterocycles. The van der Waals surface area contributed by atoms with Crippen LogP contribution >= 0.6 is 0 Å². The summed E-state index contributed by atoms with van der Waals surface area (Å²) in [6.45, 7) is 7.22. The molecule has 5 aliphatic rings. The van der Waals surface area contributed by atoms with Crippen molar-refractivity contribution in [3.8, 4) is 0 Å². The van der Waals surface area contributed by atoms with Gasteiger partial charge in [-0.2, -0.15) is 0 Å². The van der Waals surface area contributed by atoms with Gasteiger partial charge in [-0.3, -0.25) is 14.6 Å². The van der Waals surface area contributed by atoms with E-state index >= 15 is 0 Å². The van der Waals surface area contributed by atoms with Gasteiger partial charge in [0.15, 0.2) is 0 Å². The number of benzene rings is 1. The van der Waals surface area contributed by atoms with Crippen LogP contribution in [0.25, 0.3) is 10.9 Å². The molecule has 0 saturated heterocycles. The second-order valence-corrected chi connectivity index (χ2v) is 14.2. The number of carbonyl (C=O) groups is 2. The van der Waals surface area contributed by atoms with E-state index in [9.17, 15) is 9.59 Å². The molecule has 3 aromatic rings. The Labute approximate surface area is 237 Å². The molecular weight excluding hydrogens is 496 g/mol. The van der Waals surface area contributed by atoms with Crippen LogP contribution in [-0.4, -0.2) is 38.8 Å². The Morgan fingerprint density at radius 3 is 2.40 bits per heavy atom. The summed E-state index contributed by atoms with van der Waals surface area (Å²) in [7, 11) is 0. The fourth-order valence-corrected chi connectivity index (χ4v) is 9.43. The van der Waals surface area contributed by atoms with Gasteiger partial charge in [-0.25, -0.2) is 0 Å². The first-order valence-electron chi connectivity index (χ1n) is 15.3. The predicted octanol–water partition coefficient (Wildman–Crippen LogP) is 6.11. The Morgan fingerprint density at radius 2 is 1.73 bits per heavy atom. The fourth-order valence-electron chi connectivity index (χ4n) is 9.43. The number of amides is 2. The number of carbonyl (C=O) groups excluding carboxylic acids is 2. The summed E-state index contributed by atoms with van der Waals surface area (Å²) in [5.74, 6) is 2.90. The van der Waals surface area contributed by atoms with Crippen molar-refractivity contribution in [1.82, 2.24) is 20.2 Å². The van der Waals surface area contributed by atoms with E-state index in [0.717, 1.165) is 48.1 Å². The van der Waals surface area contributed by atoms with E-state index in [1.165, 1.54) is 35.9 Å². The molecule has 2 atom stereocenters. The van der Waals surface area contributed by atoms with Crippen LogP contribution in [0.1, 0.15) is 81.5 Å². The average molecular weight is 539 g/mol. The lowest BCUT2D eigenvalue weighted by atomic mass is 9.53. The largest absolute Gasteiger partial charge is 0.358 e. The molecule has 8 rings (SSSR count). The number of nitrogens with zero attached hydrogens (tertiary/aromatic N) is 2. The molecule has 0 radical (unpaired) electrons. The van der Waals surface area contributed by atoms with E-state index in [1.807, 2.05) is 12.1 Å². The summed E-state index contributed by atoms with van der Waals surface area (Å²) >= 11 is 0. The zero-order valence-corrected chi connectivity index (χ0v) is 24.1. The molecule has 40 heavy (non-hydrogen) atoms. The van der Waals surface area contributed by atoms with Gasteiger partial charge >= 0.3 is 0 Å². The highest BCUT2D eigenvalue weighted by atomic mass is 16.2. The number of hydrogen-bond acceptors (Lipinski definition) is 3. The minimum Gasteiger partial charge on any atom is -0.358 e. The standard InChI is InChI=1S/C34H42N4O2/c1-21-31(26-8-4-5-9-28(26)36-21)32-27(33(32,2)3)14-30(40)38(19-22-7-6-10-35-18-22)20-29(39)37-34-15-23-11-24(16-34)13-25(12-23)17-34/h4-10,18,23-25,27,32,36H,11-17,19-20H2,1-3H3,(H,37,39)/t23?,24?,25?,27-,32-,34?/m1/s1. The minimum absolute atomic E-state index is 0.00160. The van der Waals surface area contributed by atoms with Gasteiger partial charge in [-0.05, 0) is 104 Å². The van der Waals surface area contributed by atoms with E-state index in [0.29, 0.717) is 18.9 Å². The Hall–Kier alpha value is -3.15. The Bertz CT molecular complexity index is 1410. The van der Waals surface area contributed by atoms with Crippen LogP contribution in [-0.2, 0) is 16.1 Å². The second kappa shape index (κ2) is 9.46. The van der Waals surface area contributed by atoms with E-state index < -0.39 is 0 Å². The predicted molar refractivity (Wildman–Crippen MR) is 156 cm³/mol. The SMILES string of the molecule is Cc1[nH]c2ccccc2c1[C@H]1[C@@H](CC(=O)N(CC(=O)NC23CC4CC(CC(C4)C2)C3)Cc2cccnc2)C1(C)C. The molecule has 5 fully saturated rings. The second-order valence-electron chi connectivity index (χ2n) is 14.2. The maximum Gasteiger partial charge on any atom is 0.240 e. The van der Waals surface area contributed by atoms with Crippen LogP contribution in [0, 0.1) is 36.0 Å². The molecule has 5 aliphatic carbocycles. The summed E-state index contributed by atoms with van der Waals surface area (Å²) in [5.41, 5.74) is 4.62. The third-order valence-electron chi connectivity index (χ3n) is 10.9. The van der Waals surface area contributed by atoms with Gasteiger partial charge in [0.1, 0.15) is 0 Å². The van der Waals surface area contributed by atoms with Crippen molar-refractivity contribution in [2.45, 2.75) is 83.7 Å². The summed E-state index contributed by atoms with van der Waals surface area (Å²) < 4.78 is 0. The zero-order chi connectivity index (χ0) is 27.6. The maximum atomic E-state index is 14.0. The molecule has 6 heteroatoms. The lowest BCUT2D eigenvalue weighted by Gasteiger charge is -2.57. The molecule has 0 aliphatic heterocycles. The maximum absolute atomic E-state index is 14.0. The molecule has 5 saturated carbocycles. The molecule has 4 bridgehead atoms. The number of fused-ring (bicyclic) bond motifs is 1. The molecule has 1 aromatic carbocycles. The van der Waals surface area contributed by atoms with Gasteiger partial charge in [0, 0.05) is 47.5 Å². The number of hydrogen-bond donors (Lipinski definition) is 2. The number of nitrogens with one attached hydrogen (secondary N) is 2. The van der Waals surface area contributed by atoms with Crippen LogP contribution < -0.4 is 5.32 Å². The van der Waals surface area contributed by atoms with Crippen LogP contribution in [0.5, 0.6) is 0 Å². The molecule has 2 N–H and O–H groups in total.